The molecule has 1 aliphatic carbocycles. The van der Waals surface area contributed by atoms with E-state index in [4.69, 9.17) is 0 Å². The Morgan fingerprint density at radius 2 is 1.65 bits per heavy atom. The minimum atomic E-state index is -4.82. The zero-order chi connectivity index (χ0) is 29.1. The molecule has 2 saturated heterocycles. The Hall–Kier alpha value is -3.29. The number of benzene rings is 1. The van der Waals surface area contributed by atoms with Crippen molar-refractivity contribution in [2.45, 2.75) is 50.5 Å². The summed E-state index contributed by atoms with van der Waals surface area (Å²) in [6.07, 6.45) is -7.03. The molecule has 0 saturated carbocycles. The number of hydrogen-bond donors (Lipinski definition) is 1. The van der Waals surface area contributed by atoms with E-state index in [1.165, 1.54) is 12.1 Å². The second-order valence-corrected chi connectivity index (χ2v) is 10.2. The molecule has 220 valence electrons. The van der Waals surface area contributed by atoms with Crippen LogP contribution in [0.25, 0.3) is 0 Å². The minimum absolute atomic E-state index is 0.0307. The predicted molar refractivity (Wildman–Crippen MR) is 135 cm³/mol. The van der Waals surface area contributed by atoms with Crippen LogP contribution >= 0.6 is 0 Å². The molecule has 8 nitrogen and oxygen atoms in total. The molecule has 0 bridgehead atoms. The van der Waals surface area contributed by atoms with E-state index in [9.17, 15) is 41.3 Å². The summed E-state index contributed by atoms with van der Waals surface area (Å²) in [7, 11) is 0. The first-order valence-electron chi connectivity index (χ1n) is 13.2. The fourth-order valence-corrected chi connectivity index (χ4v) is 5.34. The number of nitrogens with zero attached hydrogens (tertiary/aromatic N) is 4. The Labute approximate surface area is 227 Å². The normalized spacial score (nSPS) is 21.1. The molecule has 4 rings (SSSR count). The Morgan fingerprint density at radius 1 is 0.975 bits per heavy atom. The topological polar surface area (TPSA) is 82.0 Å². The molecule has 1 aromatic rings. The summed E-state index contributed by atoms with van der Waals surface area (Å²) in [6, 6.07) is 4.91. The zero-order valence-electron chi connectivity index (χ0n) is 21.7. The monoisotopic (exact) mass is 575 g/mol. The van der Waals surface area contributed by atoms with Crippen LogP contribution in [0.4, 0.5) is 32.0 Å². The maximum atomic E-state index is 13.3. The van der Waals surface area contributed by atoms with Gasteiger partial charge in [0.15, 0.2) is 0 Å². The number of allylic oxidation sites excluding steroid dienone is 4. The molecule has 1 aromatic carbocycles. The first kappa shape index (κ1) is 29.7. The molecule has 2 fully saturated rings. The number of nitro groups is 1. The van der Waals surface area contributed by atoms with Crippen molar-refractivity contribution in [3.63, 3.8) is 0 Å². The van der Waals surface area contributed by atoms with Crippen LogP contribution < -0.4 is 10.2 Å². The summed E-state index contributed by atoms with van der Waals surface area (Å²) in [5.74, 6) is -0.0307. The summed E-state index contributed by atoms with van der Waals surface area (Å²) >= 11 is 0. The van der Waals surface area contributed by atoms with E-state index >= 15 is 0 Å². The van der Waals surface area contributed by atoms with Crippen molar-refractivity contribution in [3.05, 3.63) is 63.0 Å². The summed E-state index contributed by atoms with van der Waals surface area (Å²) in [6.45, 7) is 4.35. The molecular weight excluding hydrogens is 544 g/mol. The number of amides is 1. The van der Waals surface area contributed by atoms with Gasteiger partial charge in [0.1, 0.15) is 5.57 Å². The number of piperazine rings is 1. The standard InChI is InChI=1S/C26H31F6N5O3/c27-25(28,29)18-3-6-21(7-4-18)35-14-12-34(13-15-35)10-1-2-24(38)36-11-9-20(17-36)33-19-5-8-23(37(39)40)22(16-19)26(30,31)32/h3-4,6-7,16,20,33H,1-2,5,8-15,17H2/t20-/m1/s1. The number of carbonyl (C=O) groups excluding carboxylic acids is 1. The van der Waals surface area contributed by atoms with E-state index in [1.54, 1.807) is 4.90 Å². The highest BCUT2D eigenvalue weighted by molar-refractivity contribution is 5.76. The van der Waals surface area contributed by atoms with Crippen molar-refractivity contribution in [2.75, 3.05) is 50.7 Å². The molecule has 0 unspecified atom stereocenters. The maximum absolute atomic E-state index is 13.3. The predicted octanol–water partition coefficient (Wildman–Crippen LogP) is 4.57. The molecule has 0 aromatic heterocycles. The zero-order valence-corrected chi connectivity index (χ0v) is 21.7. The molecular formula is C26H31F6N5O3. The van der Waals surface area contributed by atoms with Gasteiger partial charge in [-0.15, -0.1) is 0 Å². The molecule has 1 amide bonds. The van der Waals surface area contributed by atoms with Crippen LogP contribution in [-0.4, -0.2) is 78.7 Å². The molecule has 14 heteroatoms. The molecule has 3 aliphatic rings. The molecule has 1 N–H and O–H groups in total. The number of likely N-dealkylation sites (tertiary alicyclic amines) is 1. The molecule has 1 atom stereocenters. The van der Waals surface area contributed by atoms with Crippen LogP contribution in [-0.2, 0) is 11.0 Å². The molecule has 40 heavy (non-hydrogen) atoms. The Balaban J connectivity index is 1.18. The molecule has 2 heterocycles. The van der Waals surface area contributed by atoms with Crippen molar-refractivity contribution >= 4 is 11.6 Å². The van der Waals surface area contributed by atoms with E-state index < -0.39 is 34.1 Å². The van der Waals surface area contributed by atoms with Crippen LogP contribution in [0.2, 0.25) is 0 Å². The third-order valence-corrected chi connectivity index (χ3v) is 7.51. The Bertz CT molecular complexity index is 1140. The quantitative estimate of drug-likeness (QED) is 0.278. The van der Waals surface area contributed by atoms with Crippen molar-refractivity contribution in [2.24, 2.45) is 0 Å². The second kappa shape index (κ2) is 12.1. The van der Waals surface area contributed by atoms with E-state index in [2.05, 4.69) is 10.2 Å². The molecule has 0 spiro atoms. The number of nitrogens with one attached hydrogen (secondary N) is 1. The lowest BCUT2D eigenvalue weighted by Crippen LogP contribution is -2.46. The van der Waals surface area contributed by atoms with Gasteiger partial charge < -0.3 is 15.1 Å². The van der Waals surface area contributed by atoms with E-state index in [1.807, 2.05) is 4.90 Å². The number of anilines is 1. The smallest absolute Gasteiger partial charge is 0.384 e. The summed E-state index contributed by atoms with van der Waals surface area (Å²) in [5, 5.41) is 14.0. The summed E-state index contributed by atoms with van der Waals surface area (Å²) in [4.78, 5) is 28.7. The maximum Gasteiger partial charge on any atom is 0.422 e. The lowest BCUT2D eigenvalue weighted by Gasteiger charge is -2.36. The summed E-state index contributed by atoms with van der Waals surface area (Å²) < 4.78 is 78.2. The lowest BCUT2D eigenvalue weighted by atomic mass is 9.99. The Morgan fingerprint density at radius 3 is 2.25 bits per heavy atom. The Kier molecular flexibility index (Phi) is 8.96. The SMILES string of the molecule is O=C(CCCN1CCN(c2ccc(C(F)(F)F)cc2)CC1)N1CC[C@@H](NC2=CC(C(F)(F)F)=C([N+](=O)[O-])CC2)C1. The average molecular weight is 576 g/mol. The fourth-order valence-electron chi connectivity index (χ4n) is 5.34. The minimum Gasteiger partial charge on any atom is -0.384 e. The van der Waals surface area contributed by atoms with Gasteiger partial charge in [-0.3, -0.25) is 19.8 Å². The number of halogens is 6. The van der Waals surface area contributed by atoms with Crippen LogP contribution in [0.15, 0.2) is 47.3 Å². The van der Waals surface area contributed by atoms with Gasteiger partial charge in [0.2, 0.25) is 5.91 Å². The summed E-state index contributed by atoms with van der Waals surface area (Å²) in [5.41, 5.74) is -1.72. The van der Waals surface area contributed by atoms with Gasteiger partial charge in [-0.25, -0.2) is 0 Å². The van der Waals surface area contributed by atoms with Gasteiger partial charge in [-0.2, -0.15) is 26.3 Å². The van der Waals surface area contributed by atoms with Gasteiger partial charge >= 0.3 is 12.4 Å². The number of alkyl halides is 6. The van der Waals surface area contributed by atoms with Crippen LogP contribution in [0, 0.1) is 10.1 Å². The third-order valence-electron chi connectivity index (χ3n) is 7.51. The highest BCUT2D eigenvalue weighted by atomic mass is 19.4. The van der Waals surface area contributed by atoms with Crippen LogP contribution in [0.1, 0.15) is 37.7 Å². The number of rotatable bonds is 8. The van der Waals surface area contributed by atoms with Gasteiger partial charge in [-0.05, 0) is 56.1 Å². The molecule has 2 aliphatic heterocycles. The van der Waals surface area contributed by atoms with E-state index in [-0.39, 0.29) is 30.5 Å². The average Bonchev–Trinajstić information content (AvgIpc) is 3.36. The first-order chi connectivity index (χ1) is 18.8. The van der Waals surface area contributed by atoms with Crippen molar-refractivity contribution in [1.29, 1.82) is 0 Å². The highest BCUT2D eigenvalue weighted by Crippen LogP contribution is 2.36. The second-order valence-electron chi connectivity index (χ2n) is 10.2. The first-order valence-corrected chi connectivity index (χ1v) is 13.2. The van der Waals surface area contributed by atoms with E-state index in [0.717, 1.165) is 37.0 Å². The van der Waals surface area contributed by atoms with E-state index in [0.29, 0.717) is 52.0 Å². The van der Waals surface area contributed by atoms with Crippen molar-refractivity contribution < 1.29 is 36.1 Å². The fraction of sp³-hybridized carbons (Fsp3) is 0.577. The lowest BCUT2D eigenvalue weighted by molar-refractivity contribution is -0.430. The highest BCUT2D eigenvalue weighted by Gasteiger charge is 2.42. The van der Waals surface area contributed by atoms with Gasteiger partial charge in [-0.1, -0.05) is 0 Å². The van der Waals surface area contributed by atoms with Crippen LogP contribution in [0.3, 0.4) is 0 Å². The molecule has 0 radical (unpaired) electrons. The number of hydrogen-bond acceptors (Lipinski definition) is 6. The third kappa shape index (κ3) is 7.46. The largest absolute Gasteiger partial charge is 0.422 e. The van der Waals surface area contributed by atoms with Gasteiger partial charge in [0.05, 0.1) is 10.5 Å². The van der Waals surface area contributed by atoms with Crippen molar-refractivity contribution in [1.82, 2.24) is 15.1 Å². The number of carbonyl (C=O) groups is 1. The van der Waals surface area contributed by atoms with Gasteiger partial charge in [0.25, 0.3) is 5.70 Å². The van der Waals surface area contributed by atoms with Crippen molar-refractivity contribution in [3.8, 4) is 0 Å². The van der Waals surface area contributed by atoms with Gasteiger partial charge in [0, 0.05) is 69.5 Å². The van der Waals surface area contributed by atoms with Crippen LogP contribution in [0.5, 0.6) is 0 Å².